The minimum Gasteiger partial charge on any atom is -0.463 e. The van der Waals surface area contributed by atoms with Gasteiger partial charge in [-0.1, -0.05) is 11.8 Å². The summed E-state index contributed by atoms with van der Waals surface area (Å²) in [6, 6.07) is 1.77. The topological polar surface area (TPSA) is 39.2 Å². The fourth-order valence-corrected chi connectivity index (χ4v) is 1.62. The van der Waals surface area contributed by atoms with Gasteiger partial charge in [-0.05, 0) is 19.1 Å². The van der Waals surface area contributed by atoms with Crippen LogP contribution in [0.2, 0.25) is 0 Å². The highest BCUT2D eigenvalue weighted by Gasteiger charge is 2.31. The third kappa shape index (κ3) is 4.17. The molecule has 0 aromatic carbocycles. The maximum Gasteiger partial charge on any atom is 0.417 e. The lowest BCUT2D eigenvalue weighted by atomic mass is 10.3. The van der Waals surface area contributed by atoms with Crippen molar-refractivity contribution in [3.63, 3.8) is 0 Å². The summed E-state index contributed by atoms with van der Waals surface area (Å²) in [5, 5.41) is -0.0245. The van der Waals surface area contributed by atoms with Crippen LogP contribution in [0.4, 0.5) is 17.6 Å². The molecule has 1 aromatic rings. The van der Waals surface area contributed by atoms with Crippen LogP contribution in [0.15, 0.2) is 23.4 Å². The molecule has 1 aromatic heterocycles. The Kier molecular flexibility index (Phi) is 4.94. The van der Waals surface area contributed by atoms with Crippen molar-refractivity contribution in [3.05, 3.63) is 23.9 Å². The number of thioether (sulfide) groups is 1. The molecule has 0 amide bonds. The molecule has 0 aliphatic heterocycles. The Bertz CT molecular complexity index is 407. The first-order valence-corrected chi connectivity index (χ1v) is 5.73. The third-order valence-electron chi connectivity index (χ3n) is 1.76. The van der Waals surface area contributed by atoms with Crippen LogP contribution in [0.1, 0.15) is 12.5 Å². The van der Waals surface area contributed by atoms with Gasteiger partial charge in [0.15, 0.2) is 0 Å². The quantitative estimate of drug-likeness (QED) is 0.483. The number of aromatic nitrogens is 1. The number of rotatable bonds is 4. The zero-order valence-corrected chi connectivity index (χ0v) is 10.0. The predicted octanol–water partition coefficient (Wildman–Crippen LogP) is 3.05. The van der Waals surface area contributed by atoms with Crippen molar-refractivity contribution in [2.75, 3.05) is 6.61 Å². The molecule has 0 radical (unpaired) electrons. The van der Waals surface area contributed by atoms with E-state index in [4.69, 9.17) is 0 Å². The second kappa shape index (κ2) is 6.03. The van der Waals surface area contributed by atoms with Crippen LogP contribution in [0, 0.1) is 0 Å². The van der Waals surface area contributed by atoms with Gasteiger partial charge in [0.05, 0.1) is 17.2 Å². The van der Waals surface area contributed by atoms with Gasteiger partial charge >= 0.3 is 12.1 Å². The van der Waals surface area contributed by atoms with Gasteiger partial charge in [0.2, 0.25) is 5.50 Å². The molecule has 0 spiro atoms. The van der Waals surface area contributed by atoms with Crippen molar-refractivity contribution < 1.29 is 27.1 Å². The minimum atomic E-state index is -4.49. The molecule has 100 valence electrons. The average molecular weight is 283 g/mol. The summed E-state index contributed by atoms with van der Waals surface area (Å²) >= 11 is 0.391. The summed E-state index contributed by atoms with van der Waals surface area (Å²) < 4.78 is 54.3. The van der Waals surface area contributed by atoms with Crippen LogP contribution in [-0.2, 0) is 15.7 Å². The Morgan fingerprint density at radius 3 is 2.61 bits per heavy atom. The monoisotopic (exact) mass is 283 g/mol. The van der Waals surface area contributed by atoms with Gasteiger partial charge < -0.3 is 4.74 Å². The summed E-state index contributed by atoms with van der Waals surface area (Å²) in [4.78, 5) is 14.4. The first-order chi connectivity index (χ1) is 8.34. The Labute approximate surface area is 105 Å². The molecular formula is C10H9F4NO2S. The van der Waals surface area contributed by atoms with Gasteiger partial charge in [0.1, 0.15) is 0 Å². The normalized spacial score (nSPS) is 13.2. The van der Waals surface area contributed by atoms with Gasteiger partial charge in [-0.3, -0.25) is 0 Å². The number of carbonyl (C=O) groups is 1. The van der Waals surface area contributed by atoms with Crippen LogP contribution in [0.3, 0.4) is 0 Å². The van der Waals surface area contributed by atoms with E-state index in [0.29, 0.717) is 18.0 Å². The van der Waals surface area contributed by atoms with Crippen LogP contribution in [-0.4, -0.2) is 23.1 Å². The third-order valence-corrected chi connectivity index (χ3v) is 2.64. The predicted molar refractivity (Wildman–Crippen MR) is 56.6 cm³/mol. The van der Waals surface area contributed by atoms with Gasteiger partial charge in [-0.2, -0.15) is 13.2 Å². The van der Waals surface area contributed by atoms with Gasteiger partial charge in [0, 0.05) is 6.20 Å². The number of alkyl halides is 4. The van der Waals surface area contributed by atoms with E-state index in [-0.39, 0.29) is 11.6 Å². The Morgan fingerprint density at radius 2 is 2.17 bits per heavy atom. The standard InChI is InChI=1S/C10H9F4NO2S/c1-2-17-9(16)8(11)18-7-4-3-6(5-15-7)10(12,13)14/h3-5,8H,2H2,1H3. The van der Waals surface area contributed by atoms with Crippen molar-refractivity contribution in [2.24, 2.45) is 0 Å². The van der Waals surface area contributed by atoms with E-state index in [1.165, 1.54) is 6.92 Å². The van der Waals surface area contributed by atoms with E-state index < -0.39 is 23.2 Å². The van der Waals surface area contributed by atoms with Gasteiger partial charge in [-0.15, -0.1) is 0 Å². The maximum absolute atomic E-state index is 13.2. The highest BCUT2D eigenvalue weighted by molar-refractivity contribution is 8.00. The zero-order chi connectivity index (χ0) is 13.8. The first-order valence-electron chi connectivity index (χ1n) is 4.85. The summed E-state index contributed by atoms with van der Waals surface area (Å²) in [6.07, 6.45) is -3.91. The molecule has 1 rings (SSSR count). The number of carbonyl (C=O) groups excluding carboxylic acids is 1. The van der Waals surface area contributed by atoms with E-state index >= 15 is 0 Å². The number of halogens is 4. The fourth-order valence-electron chi connectivity index (χ4n) is 0.980. The molecule has 0 aliphatic rings. The molecule has 0 N–H and O–H groups in total. The van der Waals surface area contributed by atoms with Crippen molar-refractivity contribution in [2.45, 2.75) is 23.6 Å². The lowest BCUT2D eigenvalue weighted by molar-refractivity contribution is -0.145. The van der Waals surface area contributed by atoms with Crippen molar-refractivity contribution >= 4 is 17.7 Å². The first kappa shape index (κ1) is 14.7. The Morgan fingerprint density at radius 1 is 1.50 bits per heavy atom. The maximum atomic E-state index is 13.2. The molecule has 3 nitrogen and oxygen atoms in total. The molecule has 18 heavy (non-hydrogen) atoms. The highest BCUT2D eigenvalue weighted by atomic mass is 32.2. The van der Waals surface area contributed by atoms with Crippen molar-refractivity contribution in [1.29, 1.82) is 0 Å². The van der Waals surface area contributed by atoms with Gasteiger partial charge in [0.25, 0.3) is 0 Å². The van der Waals surface area contributed by atoms with Gasteiger partial charge in [-0.25, -0.2) is 14.2 Å². The van der Waals surface area contributed by atoms with Crippen LogP contribution >= 0.6 is 11.8 Å². The van der Waals surface area contributed by atoms with Crippen molar-refractivity contribution in [1.82, 2.24) is 4.98 Å². The van der Waals surface area contributed by atoms with E-state index in [0.717, 1.165) is 12.1 Å². The SMILES string of the molecule is CCOC(=O)C(F)Sc1ccc(C(F)(F)F)cn1. The molecule has 0 aliphatic carbocycles. The summed E-state index contributed by atoms with van der Waals surface area (Å²) in [7, 11) is 0. The average Bonchev–Trinajstić information content (AvgIpc) is 2.28. The second-order valence-electron chi connectivity index (χ2n) is 3.07. The minimum absolute atomic E-state index is 0.0245. The molecule has 1 atom stereocenters. The molecule has 0 saturated heterocycles. The lowest BCUT2D eigenvalue weighted by Gasteiger charge is -2.08. The fraction of sp³-hybridized carbons (Fsp3) is 0.400. The van der Waals surface area contributed by atoms with Crippen LogP contribution in [0.25, 0.3) is 0 Å². The second-order valence-corrected chi connectivity index (χ2v) is 4.14. The molecule has 0 fully saturated rings. The van der Waals surface area contributed by atoms with Crippen molar-refractivity contribution in [3.8, 4) is 0 Å². The highest BCUT2D eigenvalue weighted by Crippen LogP contribution is 2.30. The molecule has 0 saturated carbocycles. The lowest BCUT2D eigenvalue weighted by Crippen LogP contribution is -2.15. The van der Waals surface area contributed by atoms with E-state index in [1.807, 2.05) is 0 Å². The number of hydrogen-bond acceptors (Lipinski definition) is 4. The Balaban J connectivity index is 2.67. The smallest absolute Gasteiger partial charge is 0.417 e. The molecule has 1 unspecified atom stereocenters. The van der Waals surface area contributed by atoms with Crippen LogP contribution in [0.5, 0.6) is 0 Å². The van der Waals surface area contributed by atoms with E-state index in [2.05, 4.69) is 9.72 Å². The summed E-state index contributed by atoms with van der Waals surface area (Å²) in [5.41, 5.74) is -2.94. The molecule has 8 heteroatoms. The number of pyridine rings is 1. The van der Waals surface area contributed by atoms with E-state index in [1.54, 1.807) is 0 Å². The summed E-state index contributed by atoms with van der Waals surface area (Å²) in [5.74, 6) is -1.08. The number of nitrogens with zero attached hydrogens (tertiary/aromatic N) is 1. The Hall–Kier alpha value is -1.31. The van der Waals surface area contributed by atoms with E-state index in [9.17, 15) is 22.4 Å². The summed E-state index contributed by atoms with van der Waals surface area (Å²) in [6.45, 7) is 1.55. The molecule has 1 heterocycles. The largest absolute Gasteiger partial charge is 0.463 e. The van der Waals surface area contributed by atoms with Crippen LogP contribution < -0.4 is 0 Å². The number of ether oxygens (including phenoxy) is 1. The molecule has 0 bridgehead atoms. The zero-order valence-electron chi connectivity index (χ0n) is 9.20. The number of hydrogen-bond donors (Lipinski definition) is 0. The number of esters is 1. The molecular weight excluding hydrogens is 274 g/mol.